The molecule has 0 radical (unpaired) electrons. The highest BCUT2D eigenvalue weighted by molar-refractivity contribution is 7.99. The van der Waals surface area contributed by atoms with Crippen LogP contribution in [-0.2, 0) is 13.2 Å². The number of nitrogens with one attached hydrogen (secondary N) is 1. The topological polar surface area (TPSA) is 45.4 Å². The molecule has 1 aromatic carbocycles. The minimum Gasteiger partial charge on any atom is -0.462 e. The van der Waals surface area contributed by atoms with Crippen molar-refractivity contribution in [2.24, 2.45) is 0 Å². The first-order valence-electron chi connectivity index (χ1n) is 5.64. The Morgan fingerprint density at radius 1 is 1.11 bits per heavy atom. The first-order chi connectivity index (χ1) is 9.17. The molecule has 0 atom stereocenters. The summed E-state index contributed by atoms with van der Waals surface area (Å²) in [6, 6.07) is 10.2. The van der Waals surface area contributed by atoms with Crippen LogP contribution in [0.25, 0.3) is 0 Å². The normalized spacial score (nSPS) is 10.9. The minimum atomic E-state index is -2.40. The van der Waals surface area contributed by atoms with E-state index in [0.29, 0.717) is 34.7 Å². The number of halogens is 2. The van der Waals surface area contributed by atoms with Crippen LogP contribution in [-0.4, -0.2) is 10.9 Å². The van der Waals surface area contributed by atoms with Crippen LogP contribution in [0.15, 0.2) is 45.7 Å². The number of rotatable bonds is 6. The van der Waals surface area contributed by atoms with Gasteiger partial charge in [-0.2, -0.15) is 8.78 Å². The third-order valence-corrected chi connectivity index (χ3v) is 3.14. The minimum absolute atomic E-state index is 0.125. The Labute approximate surface area is 113 Å². The highest BCUT2D eigenvalue weighted by atomic mass is 32.2. The fourth-order valence-electron chi connectivity index (χ4n) is 1.55. The van der Waals surface area contributed by atoms with E-state index in [2.05, 4.69) is 5.32 Å². The smallest absolute Gasteiger partial charge is 0.288 e. The lowest BCUT2D eigenvalue weighted by atomic mass is 10.3. The van der Waals surface area contributed by atoms with Gasteiger partial charge in [-0.15, -0.1) is 0 Å². The molecule has 0 aliphatic carbocycles. The largest absolute Gasteiger partial charge is 0.462 e. The van der Waals surface area contributed by atoms with Crippen LogP contribution < -0.4 is 5.32 Å². The molecule has 0 fully saturated rings. The monoisotopic (exact) mass is 285 g/mol. The van der Waals surface area contributed by atoms with Crippen molar-refractivity contribution in [2.75, 3.05) is 5.32 Å². The summed E-state index contributed by atoms with van der Waals surface area (Å²) in [6.45, 7) is 0.348. The van der Waals surface area contributed by atoms with E-state index in [1.165, 1.54) is 0 Å². The summed E-state index contributed by atoms with van der Waals surface area (Å²) in [5.74, 6) is -1.19. The lowest BCUT2D eigenvalue weighted by molar-refractivity contribution is 0.244. The Balaban J connectivity index is 1.89. The quantitative estimate of drug-likeness (QED) is 0.794. The molecule has 1 heterocycles. The van der Waals surface area contributed by atoms with E-state index in [1.54, 1.807) is 36.4 Å². The first-order valence-corrected chi connectivity index (χ1v) is 6.52. The second-order valence-corrected chi connectivity index (χ2v) is 4.85. The summed E-state index contributed by atoms with van der Waals surface area (Å²) < 4.78 is 29.6. The van der Waals surface area contributed by atoms with Crippen molar-refractivity contribution in [3.05, 3.63) is 47.9 Å². The molecular formula is C13H13F2NO2S. The number of anilines is 1. The van der Waals surface area contributed by atoms with E-state index >= 15 is 0 Å². The van der Waals surface area contributed by atoms with Crippen molar-refractivity contribution >= 4 is 17.4 Å². The van der Waals surface area contributed by atoms with Gasteiger partial charge >= 0.3 is 0 Å². The second kappa shape index (κ2) is 6.58. The van der Waals surface area contributed by atoms with Crippen molar-refractivity contribution in [1.29, 1.82) is 0 Å². The van der Waals surface area contributed by atoms with Crippen LogP contribution in [0.1, 0.15) is 11.5 Å². The molecule has 0 saturated heterocycles. The van der Waals surface area contributed by atoms with E-state index < -0.39 is 5.76 Å². The molecule has 2 rings (SSSR count). The lowest BCUT2D eigenvalue weighted by Gasteiger charge is -2.05. The number of aliphatic hydroxyl groups is 1. The molecule has 102 valence electrons. The third-order valence-electron chi connectivity index (χ3n) is 2.42. The maximum absolute atomic E-state index is 12.1. The number of furan rings is 1. The van der Waals surface area contributed by atoms with Gasteiger partial charge in [-0.1, -0.05) is 11.8 Å². The molecule has 6 heteroatoms. The standard InChI is InChI=1S/C13H13F2NO2S/c14-13(15)19-12-5-1-9(2-6-12)16-7-10-3-4-11(8-17)18-10/h1-6,13,16-17H,7-8H2. The second-order valence-electron chi connectivity index (χ2n) is 3.78. The molecule has 3 nitrogen and oxygen atoms in total. The van der Waals surface area contributed by atoms with E-state index in [0.717, 1.165) is 5.69 Å². The SMILES string of the molecule is OCc1ccc(CNc2ccc(SC(F)F)cc2)o1. The fraction of sp³-hybridized carbons (Fsp3) is 0.231. The molecule has 19 heavy (non-hydrogen) atoms. The van der Waals surface area contributed by atoms with Crippen LogP contribution >= 0.6 is 11.8 Å². The van der Waals surface area contributed by atoms with Crippen LogP contribution in [0.4, 0.5) is 14.5 Å². The molecule has 0 bridgehead atoms. The maximum Gasteiger partial charge on any atom is 0.288 e. The average molecular weight is 285 g/mol. The number of hydrogen-bond donors (Lipinski definition) is 2. The molecule has 0 amide bonds. The highest BCUT2D eigenvalue weighted by Crippen LogP contribution is 2.26. The molecule has 2 aromatic rings. The zero-order valence-electron chi connectivity index (χ0n) is 9.98. The Hall–Kier alpha value is -1.53. The zero-order valence-corrected chi connectivity index (χ0v) is 10.8. The van der Waals surface area contributed by atoms with Crippen LogP contribution in [0.5, 0.6) is 0 Å². The first kappa shape index (κ1) is 13.9. The van der Waals surface area contributed by atoms with Gasteiger partial charge in [-0.05, 0) is 36.4 Å². The molecule has 0 aliphatic rings. The van der Waals surface area contributed by atoms with Gasteiger partial charge in [0.05, 0.1) is 6.54 Å². The summed E-state index contributed by atoms with van der Waals surface area (Å²) in [6.07, 6.45) is 0. The summed E-state index contributed by atoms with van der Waals surface area (Å²) >= 11 is 0.521. The number of benzene rings is 1. The van der Waals surface area contributed by atoms with Gasteiger partial charge in [0, 0.05) is 10.6 Å². The van der Waals surface area contributed by atoms with Gasteiger partial charge in [0.1, 0.15) is 18.1 Å². The maximum atomic E-state index is 12.1. The predicted molar refractivity (Wildman–Crippen MR) is 70.3 cm³/mol. The third kappa shape index (κ3) is 4.25. The average Bonchev–Trinajstić information content (AvgIpc) is 2.85. The van der Waals surface area contributed by atoms with Crippen molar-refractivity contribution in [2.45, 2.75) is 23.8 Å². The summed E-state index contributed by atoms with van der Waals surface area (Å²) in [5.41, 5.74) is 0.820. The molecule has 2 N–H and O–H groups in total. The van der Waals surface area contributed by atoms with E-state index in [-0.39, 0.29) is 6.61 Å². The van der Waals surface area contributed by atoms with E-state index in [1.807, 2.05) is 0 Å². The Kier molecular flexibility index (Phi) is 4.81. The van der Waals surface area contributed by atoms with E-state index in [9.17, 15) is 8.78 Å². The summed E-state index contributed by atoms with van der Waals surface area (Å²) in [5, 5.41) is 12.0. The number of alkyl halides is 2. The number of thioether (sulfide) groups is 1. The lowest BCUT2D eigenvalue weighted by Crippen LogP contribution is -1.97. The molecule has 0 aliphatic heterocycles. The molecular weight excluding hydrogens is 272 g/mol. The van der Waals surface area contributed by atoms with Crippen LogP contribution in [0.2, 0.25) is 0 Å². The number of aliphatic hydroxyl groups excluding tert-OH is 1. The fourth-order valence-corrected chi connectivity index (χ4v) is 2.04. The van der Waals surface area contributed by atoms with Crippen molar-refractivity contribution in [1.82, 2.24) is 0 Å². The predicted octanol–water partition coefficient (Wildman–Crippen LogP) is 3.70. The Bertz CT molecular complexity index is 514. The van der Waals surface area contributed by atoms with E-state index in [4.69, 9.17) is 9.52 Å². The molecule has 1 aromatic heterocycles. The van der Waals surface area contributed by atoms with Gasteiger partial charge in [0.25, 0.3) is 5.76 Å². The van der Waals surface area contributed by atoms with Crippen LogP contribution in [0.3, 0.4) is 0 Å². The summed E-state index contributed by atoms with van der Waals surface area (Å²) in [7, 11) is 0. The summed E-state index contributed by atoms with van der Waals surface area (Å²) in [4.78, 5) is 0.529. The van der Waals surface area contributed by atoms with Gasteiger partial charge < -0.3 is 14.8 Å². The Morgan fingerprint density at radius 3 is 2.37 bits per heavy atom. The molecule has 0 saturated carbocycles. The van der Waals surface area contributed by atoms with Crippen LogP contribution in [0, 0.1) is 0 Å². The zero-order chi connectivity index (χ0) is 13.7. The van der Waals surface area contributed by atoms with Crippen molar-refractivity contribution in [3.8, 4) is 0 Å². The van der Waals surface area contributed by atoms with Gasteiger partial charge in [0.15, 0.2) is 0 Å². The molecule has 0 spiro atoms. The highest BCUT2D eigenvalue weighted by Gasteiger charge is 2.05. The molecule has 0 unspecified atom stereocenters. The number of hydrogen-bond acceptors (Lipinski definition) is 4. The van der Waals surface area contributed by atoms with Gasteiger partial charge in [-0.3, -0.25) is 0 Å². The Morgan fingerprint density at radius 2 is 1.79 bits per heavy atom. The van der Waals surface area contributed by atoms with Crippen molar-refractivity contribution in [3.63, 3.8) is 0 Å². The van der Waals surface area contributed by atoms with Gasteiger partial charge in [-0.25, -0.2) is 0 Å². The van der Waals surface area contributed by atoms with Gasteiger partial charge in [0.2, 0.25) is 0 Å². The van der Waals surface area contributed by atoms with Crippen molar-refractivity contribution < 1.29 is 18.3 Å².